The SMILES string of the molecule is COc1cccc(NC(=O)C2(C(=O)N3CCN(c4ccccc4F)CC3)CC2)c1. The summed E-state index contributed by atoms with van der Waals surface area (Å²) in [7, 11) is 1.56. The van der Waals surface area contributed by atoms with E-state index < -0.39 is 5.41 Å². The highest BCUT2D eigenvalue weighted by molar-refractivity contribution is 6.13. The Morgan fingerprint density at radius 3 is 2.41 bits per heavy atom. The lowest BCUT2D eigenvalue weighted by molar-refractivity contribution is -0.142. The maximum atomic E-state index is 14.0. The van der Waals surface area contributed by atoms with Gasteiger partial charge < -0.3 is 19.9 Å². The number of anilines is 2. The van der Waals surface area contributed by atoms with E-state index in [9.17, 15) is 14.0 Å². The van der Waals surface area contributed by atoms with Crippen molar-refractivity contribution in [2.75, 3.05) is 43.5 Å². The van der Waals surface area contributed by atoms with Crippen LogP contribution in [-0.2, 0) is 9.59 Å². The number of halogens is 1. The van der Waals surface area contributed by atoms with Crippen LogP contribution in [0.25, 0.3) is 0 Å². The highest BCUT2D eigenvalue weighted by atomic mass is 19.1. The number of nitrogens with zero attached hydrogens (tertiary/aromatic N) is 2. The molecule has 0 radical (unpaired) electrons. The standard InChI is InChI=1S/C22H24FN3O3/c1-29-17-6-4-5-16(15-17)24-20(27)22(9-10-22)21(28)26-13-11-25(12-14-26)19-8-3-2-7-18(19)23/h2-8,15H,9-14H2,1H3,(H,24,27). The van der Waals surface area contributed by atoms with E-state index >= 15 is 0 Å². The van der Waals surface area contributed by atoms with Gasteiger partial charge in [0.15, 0.2) is 0 Å². The van der Waals surface area contributed by atoms with Gasteiger partial charge in [-0.15, -0.1) is 0 Å². The predicted molar refractivity (Wildman–Crippen MR) is 108 cm³/mol. The molecule has 4 rings (SSSR count). The zero-order valence-electron chi connectivity index (χ0n) is 16.4. The number of rotatable bonds is 5. The van der Waals surface area contributed by atoms with Gasteiger partial charge in [0.25, 0.3) is 0 Å². The lowest BCUT2D eigenvalue weighted by Crippen LogP contribution is -2.52. The molecule has 2 aromatic rings. The van der Waals surface area contributed by atoms with Crippen molar-refractivity contribution in [2.45, 2.75) is 12.8 Å². The summed E-state index contributed by atoms with van der Waals surface area (Å²) < 4.78 is 19.2. The van der Waals surface area contributed by atoms with Gasteiger partial charge in [-0.05, 0) is 37.1 Å². The van der Waals surface area contributed by atoms with Crippen LogP contribution in [0.1, 0.15) is 12.8 Å². The minimum atomic E-state index is -0.983. The topological polar surface area (TPSA) is 61.9 Å². The summed E-state index contributed by atoms with van der Waals surface area (Å²) in [6.45, 7) is 2.03. The Kier molecular flexibility index (Phi) is 5.13. The van der Waals surface area contributed by atoms with E-state index in [2.05, 4.69) is 5.32 Å². The minimum Gasteiger partial charge on any atom is -0.497 e. The van der Waals surface area contributed by atoms with Gasteiger partial charge in [-0.2, -0.15) is 0 Å². The van der Waals surface area contributed by atoms with Crippen molar-refractivity contribution >= 4 is 23.2 Å². The highest BCUT2D eigenvalue weighted by Gasteiger charge is 2.58. The van der Waals surface area contributed by atoms with Gasteiger partial charge in [0.1, 0.15) is 17.0 Å². The van der Waals surface area contributed by atoms with Crippen LogP contribution in [-0.4, -0.2) is 50.0 Å². The van der Waals surface area contributed by atoms with Crippen LogP contribution in [0.15, 0.2) is 48.5 Å². The Morgan fingerprint density at radius 2 is 1.76 bits per heavy atom. The fourth-order valence-electron chi connectivity index (χ4n) is 3.78. The number of para-hydroxylation sites is 1. The number of piperazine rings is 1. The van der Waals surface area contributed by atoms with Crippen molar-refractivity contribution in [1.82, 2.24) is 4.90 Å². The first-order chi connectivity index (χ1) is 14.0. The fourth-order valence-corrected chi connectivity index (χ4v) is 3.78. The number of benzene rings is 2. The predicted octanol–water partition coefficient (Wildman–Crippen LogP) is 2.90. The summed E-state index contributed by atoms with van der Waals surface area (Å²) in [6.07, 6.45) is 1.10. The van der Waals surface area contributed by atoms with E-state index in [0.29, 0.717) is 56.1 Å². The van der Waals surface area contributed by atoms with E-state index in [0.717, 1.165) is 0 Å². The monoisotopic (exact) mass is 397 g/mol. The van der Waals surface area contributed by atoms with Crippen molar-refractivity contribution in [3.8, 4) is 5.75 Å². The number of carbonyl (C=O) groups excluding carboxylic acids is 2. The third-order valence-corrected chi connectivity index (χ3v) is 5.68. The van der Waals surface area contributed by atoms with Crippen LogP contribution < -0.4 is 15.0 Å². The molecule has 152 valence electrons. The molecule has 0 atom stereocenters. The largest absolute Gasteiger partial charge is 0.497 e. The molecule has 0 aromatic heterocycles. The molecule has 1 aliphatic carbocycles. The molecule has 2 amide bonds. The van der Waals surface area contributed by atoms with Crippen molar-refractivity contribution in [1.29, 1.82) is 0 Å². The smallest absolute Gasteiger partial charge is 0.240 e. The lowest BCUT2D eigenvalue weighted by atomic mass is 10.0. The molecule has 1 saturated heterocycles. The maximum absolute atomic E-state index is 14.0. The number of hydrogen-bond donors (Lipinski definition) is 1. The number of amides is 2. The fraction of sp³-hybridized carbons (Fsp3) is 0.364. The highest BCUT2D eigenvalue weighted by Crippen LogP contribution is 2.48. The summed E-state index contributed by atoms with van der Waals surface area (Å²) >= 11 is 0. The van der Waals surface area contributed by atoms with Gasteiger partial charge in [0.2, 0.25) is 11.8 Å². The molecule has 1 aliphatic heterocycles. The van der Waals surface area contributed by atoms with E-state index in [1.165, 1.54) is 6.07 Å². The summed E-state index contributed by atoms with van der Waals surface area (Å²) in [5, 5.41) is 2.86. The molecule has 1 saturated carbocycles. The van der Waals surface area contributed by atoms with Crippen LogP contribution in [0.3, 0.4) is 0 Å². The Morgan fingerprint density at radius 1 is 1.03 bits per heavy atom. The van der Waals surface area contributed by atoms with Gasteiger partial charge in [0, 0.05) is 37.9 Å². The first kappa shape index (κ1) is 19.2. The number of hydrogen-bond acceptors (Lipinski definition) is 4. The molecule has 1 N–H and O–H groups in total. The quantitative estimate of drug-likeness (QED) is 0.788. The van der Waals surface area contributed by atoms with Crippen LogP contribution in [0.2, 0.25) is 0 Å². The molecule has 0 bridgehead atoms. The summed E-state index contributed by atoms with van der Waals surface area (Å²) in [5.41, 5.74) is 0.178. The van der Waals surface area contributed by atoms with E-state index in [-0.39, 0.29) is 17.6 Å². The van der Waals surface area contributed by atoms with Gasteiger partial charge in [-0.25, -0.2) is 4.39 Å². The molecule has 29 heavy (non-hydrogen) atoms. The molecular weight excluding hydrogens is 373 g/mol. The van der Waals surface area contributed by atoms with Gasteiger partial charge in [-0.3, -0.25) is 9.59 Å². The first-order valence-electron chi connectivity index (χ1n) is 9.78. The molecular formula is C22H24FN3O3. The Labute approximate surface area is 169 Å². The van der Waals surface area contributed by atoms with Crippen LogP contribution in [0.5, 0.6) is 5.75 Å². The maximum Gasteiger partial charge on any atom is 0.240 e. The molecule has 6 nitrogen and oxygen atoms in total. The second-order valence-corrected chi connectivity index (χ2v) is 7.50. The van der Waals surface area contributed by atoms with Crippen molar-refractivity contribution in [3.63, 3.8) is 0 Å². The van der Waals surface area contributed by atoms with Crippen molar-refractivity contribution < 1.29 is 18.7 Å². The number of methoxy groups -OCH3 is 1. The third kappa shape index (κ3) is 3.77. The Balaban J connectivity index is 1.39. The van der Waals surface area contributed by atoms with Crippen LogP contribution in [0.4, 0.5) is 15.8 Å². The Hall–Kier alpha value is -3.09. The second-order valence-electron chi connectivity index (χ2n) is 7.50. The number of ether oxygens (including phenoxy) is 1. The first-order valence-corrected chi connectivity index (χ1v) is 9.78. The van der Waals surface area contributed by atoms with Gasteiger partial charge in [0.05, 0.1) is 12.8 Å². The molecule has 2 aromatic carbocycles. The summed E-state index contributed by atoms with van der Waals surface area (Å²) in [4.78, 5) is 29.6. The van der Waals surface area contributed by atoms with Gasteiger partial charge in [-0.1, -0.05) is 18.2 Å². The molecule has 1 heterocycles. The molecule has 7 heteroatoms. The molecule has 2 aliphatic rings. The van der Waals surface area contributed by atoms with Crippen LogP contribution >= 0.6 is 0 Å². The van der Waals surface area contributed by atoms with Gasteiger partial charge >= 0.3 is 0 Å². The summed E-state index contributed by atoms with van der Waals surface area (Å²) in [5.74, 6) is -0.0230. The number of carbonyl (C=O) groups is 2. The average molecular weight is 397 g/mol. The molecule has 0 spiro atoms. The van der Waals surface area contributed by atoms with Crippen molar-refractivity contribution in [3.05, 3.63) is 54.3 Å². The normalized spacial score (nSPS) is 17.6. The van der Waals surface area contributed by atoms with E-state index in [4.69, 9.17) is 4.74 Å². The van der Waals surface area contributed by atoms with Crippen LogP contribution in [0, 0.1) is 11.2 Å². The number of nitrogens with one attached hydrogen (secondary N) is 1. The van der Waals surface area contributed by atoms with E-state index in [1.54, 1.807) is 54.5 Å². The zero-order valence-corrected chi connectivity index (χ0v) is 16.4. The Bertz CT molecular complexity index is 921. The lowest BCUT2D eigenvalue weighted by Gasteiger charge is -2.37. The average Bonchev–Trinajstić information content (AvgIpc) is 3.56. The summed E-state index contributed by atoms with van der Waals surface area (Å²) in [6, 6.07) is 13.7. The third-order valence-electron chi connectivity index (χ3n) is 5.68. The second kappa shape index (κ2) is 7.73. The molecule has 0 unspecified atom stereocenters. The van der Waals surface area contributed by atoms with Crippen molar-refractivity contribution in [2.24, 2.45) is 5.41 Å². The minimum absolute atomic E-state index is 0.133. The molecule has 2 fully saturated rings. The zero-order chi connectivity index (χ0) is 20.4. The van der Waals surface area contributed by atoms with E-state index in [1.807, 2.05) is 4.90 Å².